The van der Waals surface area contributed by atoms with E-state index in [0.717, 1.165) is 11.1 Å². The maximum Gasteiger partial charge on any atom is 0.241 e. The van der Waals surface area contributed by atoms with E-state index >= 15 is 0 Å². The van der Waals surface area contributed by atoms with E-state index in [-0.39, 0.29) is 16.7 Å². The average molecular weight is 332 g/mol. The Hall–Kier alpha value is -2.18. The summed E-state index contributed by atoms with van der Waals surface area (Å²) in [5.74, 6) is 0.247. The molecule has 23 heavy (non-hydrogen) atoms. The summed E-state index contributed by atoms with van der Waals surface area (Å²) in [6, 6.07) is 14.8. The molecular formula is C17H20N2O3S. The zero-order chi connectivity index (χ0) is 16.9. The van der Waals surface area contributed by atoms with Crippen LogP contribution < -0.4 is 9.88 Å². The Bertz CT molecular complexity index is 787. The fraction of sp³-hybridized carbons (Fsp3) is 0.235. The van der Waals surface area contributed by atoms with Crippen molar-refractivity contribution in [2.24, 2.45) is 10.1 Å². The van der Waals surface area contributed by atoms with Crippen molar-refractivity contribution in [3.63, 3.8) is 0 Å². The lowest BCUT2D eigenvalue weighted by Gasteiger charge is -2.11. The summed E-state index contributed by atoms with van der Waals surface area (Å²) < 4.78 is 28.3. The molecule has 0 fully saturated rings. The summed E-state index contributed by atoms with van der Waals surface area (Å²) in [5.41, 5.74) is 1.87. The van der Waals surface area contributed by atoms with Crippen molar-refractivity contribution in [2.75, 3.05) is 7.11 Å². The first kappa shape index (κ1) is 17.2. The van der Waals surface area contributed by atoms with Crippen LogP contribution in [-0.2, 0) is 16.4 Å². The van der Waals surface area contributed by atoms with Crippen LogP contribution in [0.3, 0.4) is 0 Å². The van der Waals surface area contributed by atoms with Gasteiger partial charge in [0.2, 0.25) is 10.0 Å². The predicted octanol–water partition coefficient (Wildman–Crippen LogP) is 2.39. The second kappa shape index (κ2) is 7.39. The minimum absolute atomic E-state index is 0.00302. The van der Waals surface area contributed by atoms with E-state index in [9.17, 15) is 8.42 Å². The predicted molar refractivity (Wildman–Crippen MR) is 91.6 cm³/mol. The molecule has 0 unspecified atom stereocenters. The van der Waals surface area contributed by atoms with E-state index in [1.165, 1.54) is 7.11 Å². The molecule has 2 N–H and O–H groups in total. The summed E-state index contributed by atoms with van der Waals surface area (Å²) in [5, 5.41) is 5.23. The van der Waals surface area contributed by atoms with Gasteiger partial charge in [0, 0.05) is 6.21 Å². The van der Waals surface area contributed by atoms with Crippen LogP contribution in [0.25, 0.3) is 0 Å². The van der Waals surface area contributed by atoms with Crippen LogP contribution in [0.15, 0.2) is 58.4 Å². The second-order valence-corrected chi connectivity index (χ2v) is 6.80. The molecule has 0 aliphatic carbocycles. The largest absolute Gasteiger partial charge is 0.495 e. The lowest BCUT2D eigenvalue weighted by atomic mass is 10.1. The number of ether oxygens (including phenoxy) is 1. The topological polar surface area (TPSA) is 81.8 Å². The van der Waals surface area contributed by atoms with Gasteiger partial charge in [0.15, 0.2) is 0 Å². The normalized spacial score (nSPS) is 13.2. The molecule has 0 bridgehead atoms. The van der Waals surface area contributed by atoms with Gasteiger partial charge in [0.1, 0.15) is 10.6 Å². The molecule has 122 valence electrons. The van der Waals surface area contributed by atoms with E-state index in [2.05, 4.69) is 4.99 Å². The number of nitrogens with two attached hydrogens (primary N) is 1. The number of methoxy groups -OCH3 is 1. The van der Waals surface area contributed by atoms with Gasteiger partial charge in [-0.3, -0.25) is 4.99 Å². The third-order valence-corrected chi connectivity index (χ3v) is 4.28. The summed E-state index contributed by atoms with van der Waals surface area (Å²) in [4.78, 5) is 4.48. The van der Waals surface area contributed by atoms with Crippen molar-refractivity contribution in [2.45, 2.75) is 24.3 Å². The van der Waals surface area contributed by atoms with Crippen molar-refractivity contribution in [3.8, 4) is 5.75 Å². The number of sulfonamides is 1. The van der Waals surface area contributed by atoms with Crippen LogP contribution >= 0.6 is 0 Å². The number of benzene rings is 2. The number of primary sulfonamides is 1. The third-order valence-electron chi connectivity index (χ3n) is 3.34. The molecule has 0 radical (unpaired) electrons. The molecule has 2 rings (SSSR count). The number of hydrogen-bond acceptors (Lipinski definition) is 4. The molecule has 2 aromatic rings. The van der Waals surface area contributed by atoms with Gasteiger partial charge in [-0.05, 0) is 36.6 Å². The molecule has 2 aromatic carbocycles. The fourth-order valence-corrected chi connectivity index (χ4v) is 2.96. The number of aliphatic imine (C=N–C) groups is 1. The summed E-state index contributed by atoms with van der Waals surface area (Å²) in [6.07, 6.45) is 2.42. The lowest BCUT2D eigenvalue weighted by molar-refractivity contribution is 0.402. The van der Waals surface area contributed by atoms with Crippen LogP contribution in [0.1, 0.15) is 18.1 Å². The summed E-state index contributed by atoms with van der Waals surface area (Å²) in [6.45, 7) is 1.97. The van der Waals surface area contributed by atoms with Crippen LogP contribution in [0.4, 0.5) is 0 Å². The van der Waals surface area contributed by atoms with E-state index in [1.807, 2.05) is 49.5 Å². The Kier molecular flexibility index (Phi) is 5.52. The van der Waals surface area contributed by atoms with Gasteiger partial charge in [-0.2, -0.15) is 0 Å². The monoisotopic (exact) mass is 332 g/mol. The highest BCUT2D eigenvalue weighted by Gasteiger charge is 2.16. The molecular weight excluding hydrogens is 312 g/mol. The minimum atomic E-state index is -3.82. The Balaban J connectivity index is 2.15. The van der Waals surface area contributed by atoms with Crippen LogP contribution in [-0.4, -0.2) is 27.8 Å². The Morgan fingerprint density at radius 3 is 2.52 bits per heavy atom. The smallest absolute Gasteiger partial charge is 0.241 e. The second-order valence-electron chi connectivity index (χ2n) is 5.27. The Morgan fingerprint density at radius 2 is 1.91 bits per heavy atom. The number of nitrogens with zero attached hydrogens (tertiary/aromatic N) is 1. The van der Waals surface area contributed by atoms with E-state index in [0.29, 0.717) is 6.42 Å². The van der Waals surface area contributed by atoms with Gasteiger partial charge >= 0.3 is 0 Å². The average Bonchev–Trinajstić information content (AvgIpc) is 2.53. The molecule has 0 saturated carbocycles. The van der Waals surface area contributed by atoms with Crippen molar-refractivity contribution in [1.82, 2.24) is 0 Å². The lowest BCUT2D eigenvalue weighted by Crippen LogP contribution is -2.14. The minimum Gasteiger partial charge on any atom is -0.495 e. The summed E-state index contributed by atoms with van der Waals surface area (Å²) in [7, 11) is -2.41. The van der Waals surface area contributed by atoms with Crippen LogP contribution in [0, 0.1) is 0 Å². The first-order valence-electron chi connectivity index (χ1n) is 7.18. The van der Waals surface area contributed by atoms with Crippen LogP contribution in [0.2, 0.25) is 0 Å². The maximum atomic E-state index is 11.6. The molecule has 6 heteroatoms. The quantitative estimate of drug-likeness (QED) is 0.825. The summed E-state index contributed by atoms with van der Waals surface area (Å²) >= 11 is 0. The molecule has 1 atom stereocenters. The number of rotatable bonds is 6. The number of hydrogen-bond donors (Lipinski definition) is 1. The van der Waals surface area contributed by atoms with E-state index in [1.54, 1.807) is 12.1 Å². The fourth-order valence-electron chi connectivity index (χ4n) is 2.22. The molecule has 0 aliphatic rings. The van der Waals surface area contributed by atoms with Gasteiger partial charge in [-0.25, -0.2) is 13.6 Å². The zero-order valence-electron chi connectivity index (χ0n) is 13.1. The van der Waals surface area contributed by atoms with E-state index in [4.69, 9.17) is 9.88 Å². The molecule has 0 saturated heterocycles. The van der Waals surface area contributed by atoms with Crippen molar-refractivity contribution in [1.29, 1.82) is 0 Å². The molecule has 0 aliphatic heterocycles. The van der Waals surface area contributed by atoms with Crippen molar-refractivity contribution >= 4 is 16.2 Å². The Labute approximate surface area is 136 Å². The highest BCUT2D eigenvalue weighted by molar-refractivity contribution is 7.89. The molecule has 0 spiro atoms. The van der Waals surface area contributed by atoms with E-state index < -0.39 is 10.0 Å². The highest BCUT2D eigenvalue weighted by atomic mass is 32.2. The van der Waals surface area contributed by atoms with Crippen molar-refractivity contribution in [3.05, 3.63) is 59.7 Å². The van der Waals surface area contributed by atoms with Gasteiger partial charge in [0.05, 0.1) is 13.2 Å². The zero-order valence-corrected chi connectivity index (χ0v) is 14.0. The first-order chi connectivity index (χ1) is 10.9. The van der Waals surface area contributed by atoms with Gasteiger partial charge in [-0.1, -0.05) is 36.4 Å². The first-order valence-corrected chi connectivity index (χ1v) is 8.72. The SMILES string of the molecule is COc1ccc(C[C@@H](C)N=Cc2ccccc2)cc1S(N)(=O)=O. The third kappa shape index (κ3) is 4.91. The maximum absolute atomic E-state index is 11.6. The van der Waals surface area contributed by atoms with Crippen molar-refractivity contribution < 1.29 is 13.2 Å². The molecule has 5 nitrogen and oxygen atoms in total. The van der Waals surface area contributed by atoms with Gasteiger partial charge < -0.3 is 4.74 Å². The van der Waals surface area contributed by atoms with Gasteiger partial charge in [-0.15, -0.1) is 0 Å². The Morgan fingerprint density at radius 1 is 1.22 bits per heavy atom. The van der Waals surface area contributed by atoms with Crippen LogP contribution in [0.5, 0.6) is 5.75 Å². The molecule has 0 amide bonds. The standard InChI is InChI=1S/C17H20N2O3S/c1-13(19-12-14-6-4-3-5-7-14)10-15-8-9-16(22-2)17(11-15)23(18,20)21/h3-9,11-13H,10H2,1-2H3,(H2,18,20,21)/t13-/m1/s1. The molecule has 0 heterocycles. The highest BCUT2D eigenvalue weighted by Crippen LogP contribution is 2.24. The molecule has 0 aromatic heterocycles. The van der Waals surface area contributed by atoms with Gasteiger partial charge in [0.25, 0.3) is 0 Å².